The molecule has 3 rings (SSSR count). The molecule has 23 heavy (non-hydrogen) atoms. The molecule has 2 aromatic heterocycles. The predicted molar refractivity (Wildman–Crippen MR) is 89.9 cm³/mol. The second-order valence-electron chi connectivity index (χ2n) is 4.63. The molecule has 0 saturated carbocycles. The first-order chi connectivity index (χ1) is 11.2. The Labute approximate surface area is 141 Å². The summed E-state index contributed by atoms with van der Waals surface area (Å²) < 4.78 is 9.99. The fourth-order valence-electron chi connectivity index (χ4n) is 1.99. The summed E-state index contributed by atoms with van der Waals surface area (Å²) in [6.45, 7) is 0.423. The predicted octanol–water partition coefficient (Wildman–Crippen LogP) is 4.46. The van der Waals surface area contributed by atoms with Crippen LogP contribution < -0.4 is 5.32 Å². The third-order valence-electron chi connectivity index (χ3n) is 3.12. The van der Waals surface area contributed by atoms with Gasteiger partial charge in [-0.3, -0.25) is 0 Å². The van der Waals surface area contributed by atoms with Gasteiger partial charge in [-0.2, -0.15) is 0 Å². The smallest absolute Gasteiger partial charge is 0.373 e. The lowest BCUT2D eigenvalue weighted by atomic mass is 10.2. The van der Waals surface area contributed by atoms with Gasteiger partial charge in [-0.15, -0.1) is 11.3 Å². The zero-order chi connectivity index (χ0) is 16.2. The number of benzene rings is 1. The number of nitrogens with zero attached hydrogens (tertiary/aromatic N) is 1. The van der Waals surface area contributed by atoms with Crippen molar-refractivity contribution >= 4 is 34.0 Å². The Morgan fingerprint density at radius 2 is 2.17 bits per heavy atom. The molecule has 0 aliphatic rings. The van der Waals surface area contributed by atoms with Gasteiger partial charge in [-0.25, -0.2) is 9.78 Å². The van der Waals surface area contributed by atoms with Crippen LogP contribution in [-0.4, -0.2) is 18.1 Å². The Balaban J connectivity index is 1.67. The number of methoxy groups -OCH3 is 1. The van der Waals surface area contributed by atoms with Crippen molar-refractivity contribution in [2.24, 2.45) is 0 Å². The molecule has 0 aliphatic carbocycles. The number of halogens is 1. The second kappa shape index (κ2) is 6.85. The number of esters is 1. The van der Waals surface area contributed by atoms with Gasteiger partial charge in [0.1, 0.15) is 5.76 Å². The lowest BCUT2D eigenvalue weighted by Crippen LogP contribution is -2.00. The molecule has 0 amide bonds. The molecule has 0 aliphatic heterocycles. The number of carbonyl (C=O) groups is 1. The Morgan fingerprint density at radius 3 is 2.96 bits per heavy atom. The van der Waals surface area contributed by atoms with E-state index in [2.05, 4.69) is 15.0 Å². The lowest BCUT2D eigenvalue weighted by Gasteiger charge is -2.00. The molecular formula is C16H13ClN2O3S. The molecule has 0 radical (unpaired) electrons. The normalized spacial score (nSPS) is 10.5. The van der Waals surface area contributed by atoms with Gasteiger partial charge in [-0.1, -0.05) is 29.8 Å². The molecular weight excluding hydrogens is 336 g/mol. The number of furan rings is 1. The van der Waals surface area contributed by atoms with Crippen LogP contribution in [-0.2, 0) is 11.3 Å². The zero-order valence-electron chi connectivity index (χ0n) is 12.2. The quantitative estimate of drug-likeness (QED) is 0.690. The van der Waals surface area contributed by atoms with Crippen LogP contribution in [0.3, 0.4) is 0 Å². The van der Waals surface area contributed by atoms with E-state index in [1.54, 1.807) is 12.1 Å². The van der Waals surface area contributed by atoms with Crippen LogP contribution in [0.15, 0.2) is 46.2 Å². The van der Waals surface area contributed by atoms with E-state index in [0.29, 0.717) is 17.3 Å². The minimum absolute atomic E-state index is 0.181. The van der Waals surface area contributed by atoms with E-state index in [0.717, 1.165) is 16.4 Å². The molecule has 3 aromatic rings. The number of ether oxygens (including phenoxy) is 1. The van der Waals surface area contributed by atoms with Gasteiger partial charge in [0, 0.05) is 16.0 Å². The Bertz CT molecular complexity index is 828. The van der Waals surface area contributed by atoms with E-state index in [1.165, 1.54) is 18.4 Å². The minimum Gasteiger partial charge on any atom is -0.463 e. The van der Waals surface area contributed by atoms with Crippen molar-refractivity contribution < 1.29 is 13.9 Å². The largest absolute Gasteiger partial charge is 0.463 e. The molecule has 118 valence electrons. The molecule has 1 aromatic carbocycles. The summed E-state index contributed by atoms with van der Waals surface area (Å²) in [6, 6.07) is 10.9. The highest BCUT2D eigenvalue weighted by atomic mass is 35.5. The average molecular weight is 349 g/mol. The molecule has 0 bridgehead atoms. The highest BCUT2D eigenvalue weighted by molar-refractivity contribution is 7.14. The first kappa shape index (κ1) is 15.6. The Morgan fingerprint density at radius 1 is 1.35 bits per heavy atom. The SMILES string of the molecule is COC(=O)c1ccc(CNc2nc(-c3ccccc3Cl)cs2)o1. The molecule has 1 N–H and O–H groups in total. The standard InChI is InChI=1S/C16H13ClN2O3S/c1-21-15(20)14-7-6-10(22-14)8-18-16-19-13(9-23-16)11-4-2-3-5-12(11)17/h2-7,9H,8H2,1H3,(H,18,19). The molecule has 2 heterocycles. The highest BCUT2D eigenvalue weighted by Crippen LogP contribution is 2.30. The molecule has 0 saturated heterocycles. The summed E-state index contributed by atoms with van der Waals surface area (Å²) in [4.78, 5) is 15.8. The zero-order valence-corrected chi connectivity index (χ0v) is 13.8. The van der Waals surface area contributed by atoms with Crippen molar-refractivity contribution in [1.82, 2.24) is 4.98 Å². The van der Waals surface area contributed by atoms with Gasteiger partial charge in [0.25, 0.3) is 0 Å². The fourth-order valence-corrected chi connectivity index (χ4v) is 2.94. The maximum atomic E-state index is 11.3. The molecule has 0 unspecified atom stereocenters. The van der Waals surface area contributed by atoms with Crippen LogP contribution in [0.5, 0.6) is 0 Å². The number of hydrogen-bond acceptors (Lipinski definition) is 6. The minimum atomic E-state index is -0.494. The Kier molecular flexibility index (Phi) is 4.64. The van der Waals surface area contributed by atoms with Gasteiger partial charge in [0.15, 0.2) is 5.13 Å². The molecule has 0 atom stereocenters. The van der Waals surface area contributed by atoms with Crippen molar-refractivity contribution in [3.8, 4) is 11.3 Å². The number of carbonyl (C=O) groups excluding carboxylic acids is 1. The third kappa shape index (κ3) is 3.55. The number of rotatable bonds is 5. The van der Waals surface area contributed by atoms with Crippen LogP contribution in [0.4, 0.5) is 5.13 Å². The summed E-state index contributed by atoms with van der Waals surface area (Å²) in [5, 5.41) is 6.51. The van der Waals surface area contributed by atoms with E-state index in [1.807, 2.05) is 29.6 Å². The molecule has 0 fully saturated rings. The summed E-state index contributed by atoms with van der Waals surface area (Å²) >= 11 is 7.65. The summed E-state index contributed by atoms with van der Waals surface area (Å²) in [7, 11) is 1.31. The summed E-state index contributed by atoms with van der Waals surface area (Å²) in [5.74, 6) is 0.312. The first-order valence-electron chi connectivity index (χ1n) is 6.78. The van der Waals surface area contributed by atoms with Crippen molar-refractivity contribution in [1.29, 1.82) is 0 Å². The van der Waals surface area contributed by atoms with Crippen LogP contribution in [0, 0.1) is 0 Å². The van der Waals surface area contributed by atoms with Crippen molar-refractivity contribution in [3.63, 3.8) is 0 Å². The van der Waals surface area contributed by atoms with Crippen molar-refractivity contribution in [2.45, 2.75) is 6.54 Å². The topological polar surface area (TPSA) is 64.4 Å². The first-order valence-corrected chi connectivity index (χ1v) is 8.04. The van der Waals surface area contributed by atoms with E-state index in [4.69, 9.17) is 16.0 Å². The van der Waals surface area contributed by atoms with Crippen LogP contribution in [0.2, 0.25) is 5.02 Å². The lowest BCUT2D eigenvalue weighted by molar-refractivity contribution is 0.0563. The van der Waals surface area contributed by atoms with Gasteiger partial charge >= 0.3 is 5.97 Å². The van der Waals surface area contributed by atoms with Crippen LogP contribution in [0.1, 0.15) is 16.3 Å². The van der Waals surface area contributed by atoms with E-state index in [-0.39, 0.29) is 5.76 Å². The molecule has 5 nitrogen and oxygen atoms in total. The monoisotopic (exact) mass is 348 g/mol. The number of thiazole rings is 1. The number of nitrogens with one attached hydrogen (secondary N) is 1. The average Bonchev–Trinajstić information content (AvgIpc) is 3.22. The fraction of sp³-hybridized carbons (Fsp3) is 0.125. The van der Waals surface area contributed by atoms with Crippen molar-refractivity contribution in [3.05, 3.63) is 58.3 Å². The maximum absolute atomic E-state index is 11.3. The number of aromatic nitrogens is 1. The third-order valence-corrected chi connectivity index (χ3v) is 4.25. The maximum Gasteiger partial charge on any atom is 0.373 e. The highest BCUT2D eigenvalue weighted by Gasteiger charge is 2.12. The van der Waals surface area contributed by atoms with Crippen LogP contribution >= 0.6 is 22.9 Å². The summed E-state index contributed by atoms with van der Waals surface area (Å²) in [5.41, 5.74) is 1.71. The Hall–Kier alpha value is -2.31. The summed E-state index contributed by atoms with van der Waals surface area (Å²) in [6.07, 6.45) is 0. The molecule has 0 spiro atoms. The number of anilines is 1. The number of hydrogen-bond donors (Lipinski definition) is 1. The van der Waals surface area contributed by atoms with Gasteiger partial charge in [0.2, 0.25) is 5.76 Å². The van der Waals surface area contributed by atoms with E-state index in [9.17, 15) is 4.79 Å². The second-order valence-corrected chi connectivity index (χ2v) is 5.89. The van der Waals surface area contributed by atoms with Gasteiger partial charge in [-0.05, 0) is 18.2 Å². The van der Waals surface area contributed by atoms with Gasteiger partial charge < -0.3 is 14.5 Å². The van der Waals surface area contributed by atoms with E-state index >= 15 is 0 Å². The van der Waals surface area contributed by atoms with E-state index < -0.39 is 5.97 Å². The van der Waals surface area contributed by atoms with Crippen molar-refractivity contribution in [2.75, 3.05) is 12.4 Å². The molecule has 7 heteroatoms. The van der Waals surface area contributed by atoms with Gasteiger partial charge in [0.05, 0.1) is 19.3 Å². The van der Waals surface area contributed by atoms with Crippen LogP contribution in [0.25, 0.3) is 11.3 Å².